The molecule has 114 valence electrons. The molecule has 0 atom stereocenters. The van der Waals surface area contributed by atoms with Crippen molar-refractivity contribution < 1.29 is 8.85 Å². The molecule has 0 N–H and O–H groups in total. The van der Waals surface area contributed by atoms with Crippen molar-refractivity contribution in [1.29, 1.82) is 0 Å². The highest BCUT2D eigenvalue weighted by Crippen LogP contribution is 2.26. The van der Waals surface area contributed by atoms with Crippen LogP contribution >= 0.6 is 0 Å². The molecule has 0 saturated carbocycles. The van der Waals surface area contributed by atoms with Crippen LogP contribution in [-0.2, 0) is 0 Å². The van der Waals surface area contributed by atoms with Crippen molar-refractivity contribution in [2.24, 2.45) is 0 Å². The smallest absolute Gasteiger partial charge is 0.323 e. The first-order valence-electron chi connectivity index (χ1n) is 6.82. The van der Waals surface area contributed by atoms with Crippen LogP contribution in [0.4, 0.5) is 0 Å². The Bertz CT molecular complexity index is 512. The van der Waals surface area contributed by atoms with Crippen molar-refractivity contribution in [2.45, 2.75) is 0 Å². The minimum Gasteiger partial charge on any atom is -0.532 e. The number of hydrogen-bond donors (Lipinski definition) is 0. The molecular formula is C18H22O2Si2. The van der Waals surface area contributed by atoms with Crippen molar-refractivity contribution in [2.75, 3.05) is 0 Å². The van der Waals surface area contributed by atoms with E-state index in [1.165, 1.54) is 0 Å². The average Bonchev–Trinajstić information content (AvgIpc) is 2.58. The summed E-state index contributed by atoms with van der Waals surface area (Å²) in [6.07, 6.45) is 0. The summed E-state index contributed by atoms with van der Waals surface area (Å²) in [6, 6.07) is 7.43. The van der Waals surface area contributed by atoms with Gasteiger partial charge in [-0.1, -0.05) is 40.3 Å². The lowest BCUT2D eigenvalue weighted by molar-refractivity contribution is 0.548. The Labute approximate surface area is 135 Å². The zero-order chi connectivity index (χ0) is 16.6. The van der Waals surface area contributed by atoms with E-state index in [1.54, 1.807) is 34.2 Å². The van der Waals surface area contributed by atoms with Gasteiger partial charge >= 0.3 is 16.6 Å². The van der Waals surface area contributed by atoms with Gasteiger partial charge in [0.1, 0.15) is 11.5 Å². The van der Waals surface area contributed by atoms with Crippen LogP contribution in [0, 0.1) is 0 Å². The molecule has 0 aromatic heterocycles. The van der Waals surface area contributed by atoms with Crippen molar-refractivity contribution in [3.05, 3.63) is 97.9 Å². The maximum absolute atomic E-state index is 6.05. The molecule has 0 heterocycles. The van der Waals surface area contributed by atoms with Gasteiger partial charge < -0.3 is 8.85 Å². The fourth-order valence-corrected chi connectivity index (χ4v) is 4.33. The molecule has 0 amide bonds. The van der Waals surface area contributed by atoms with E-state index in [9.17, 15) is 0 Å². The molecule has 4 heteroatoms. The Morgan fingerprint density at radius 2 is 0.955 bits per heavy atom. The predicted molar refractivity (Wildman–Crippen MR) is 100 cm³/mol. The van der Waals surface area contributed by atoms with E-state index in [4.69, 9.17) is 8.85 Å². The first kappa shape index (κ1) is 17.7. The van der Waals surface area contributed by atoms with Gasteiger partial charge in [-0.25, -0.2) is 0 Å². The maximum atomic E-state index is 6.05. The maximum Gasteiger partial charge on any atom is 0.323 e. The third-order valence-electron chi connectivity index (χ3n) is 3.31. The van der Waals surface area contributed by atoms with Gasteiger partial charge in [-0.15, -0.1) is 39.5 Å². The summed E-state index contributed by atoms with van der Waals surface area (Å²) in [4.78, 5) is 0. The molecule has 1 rings (SSSR count). The van der Waals surface area contributed by atoms with Crippen molar-refractivity contribution >= 4 is 16.6 Å². The zero-order valence-electron chi connectivity index (χ0n) is 12.8. The minimum atomic E-state index is -2.38. The van der Waals surface area contributed by atoms with Gasteiger partial charge in [0.15, 0.2) is 0 Å². The van der Waals surface area contributed by atoms with Gasteiger partial charge in [0.2, 0.25) is 0 Å². The molecule has 0 aliphatic carbocycles. The molecule has 1 aromatic rings. The second kappa shape index (κ2) is 7.63. The lowest BCUT2D eigenvalue weighted by atomic mass is 10.3. The first-order chi connectivity index (χ1) is 10.5. The lowest BCUT2D eigenvalue weighted by Crippen LogP contribution is -2.36. The Hall–Kier alpha value is -2.31. The Morgan fingerprint density at radius 1 is 0.636 bits per heavy atom. The Kier molecular flexibility index (Phi) is 6.15. The minimum absolute atomic E-state index is 0.684. The summed E-state index contributed by atoms with van der Waals surface area (Å²) < 4.78 is 12.1. The second-order valence-corrected chi connectivity index (χ2v) is 10.9. The van der Waals surface area contributed by atoms with E-state index in [-0.39, 0.29) is 0 Å². The summed E-state index contributed by atoms with van der Waals surface area (Å²) in [5.41, 5.74) is 10.6. The normalized spacial score (nSPS) is 10.9. The van der Waals surface area contributed by atoms with E-state index in [0.717, 1.165) is 0 Å². The largest absolute Gasteiger partial charge is 0.532 e. The van der Waals surface area contributed by atoms with Gasteiger partial charge in [-0.05, 0) is 12.1 Å². The molecule has 2 nitrogen and oxygen atoms in total. The molecule has 0 saturated heterocycles. The second-order valence-electron chi connectivity index (χ2n) is 4.61. The predicted octanol–water partition coefficient (Wildman–Crippen LogP) is 4.69. The van der Waals surface area contributed by atoms with Crippen LogP contribution in [0.2, 0.25) is 0 Å². The summed E-state index contributed by atoms with van der Waals surface area (Å²) >= 11 is 0. The van der Waals surface area contributed by atoms with Crippen LogP contribution in [0.3, 0.4) is 0 Å². The van der Waals surface area contributed by atoms with Crippen molar-refractivity contribution in [1.82, 2.24) is 0 Å². The standard InChI is InChI=1S/C18H22O2Si2/c1-7-21(8-2,9-3)19-17-14-13-15-18(16-17)20-22(10-4,11-5)12-6/h7-16H,1-6H2. The van der Waals surface area contributed by atoms with Crippen molar-refractivity contribution in [3.8, 4) is 11.5 Å². The summed E-state index contributed by atoms with van der Waals surface area (Å²) in [5.74, 6) is 1.37. The third-order valence-corrected chi connectivity index (χ3v) is 8.32. The number of benzene rings is 1. The quantitative estimate of drug-likeness (QED) is 0.581. The molecule has 0 bridgehead atoms. The van der Waals surface area contributed by atoms with Gasteiger partial charge in [-0.3, -0.25) is 0 Å². The van der Waals surface area contributed by atoms with Gasteiger partial charge in [0.05, 0.1) is 0 Å². The highest BCUT2D eigenvalue weighted by molar-refractivity contribution is 6.88. The number of rotatable bonds is 10. The van der Waals surface area contributed by atoms with E-state index in [1.807, 2.05) is 24.3 Å². The molecule has 0 aliphatic heterocycles. The molecule has 22 heavy (non-hydrogen) atoms. The molecular weight excluding hydrogens is 304 g/mol. The lowest BCUT2D eigenvalue weighted by Gasteiger charge is -2.24. The Balaban J connectivity index is 3.09. The third kappa shape index (κ3) is 3.87. The molecule has 1 aromatic carbocycles. The van der Waals surface area contributed by atoms with Crippen LogP contribution in [0.1, 0.15) is 0 Å². The monoisotopic (exact) mass is 326 g/mol. The molecule has 0 radical (unpaired) electrons. The van der Waals surface area contributed by atoms with Crippen LogP contribution in [-0.4, -0.2) is 16.6 Å². The van der Waals surface area contributed by atoms with E-state index < -0.39 is 16.6 Å². The zero-order valence-corrected chi connectivity index (χ0v) is 14.8. The summed E-state index contributed by atoms with van der Waals surface area (Å²) in [5, 5.41) is 0. The van der Waals surface area contributed by atoms with Gasteiger partial charge in [-0.2, -0.15) is 0 Å². The first-order valence-corrected chi connectivity index (χ1v) is 11.1. The van der Waals surface area contributed by atoms with E-state index >= 15 is 0 Å². The highest BCUT2D eigenvalue weighted by atomic mass is 28.4. The van der Waals surface area contributed by atoms with Gasteiger partial charge in [0, 0.05) is 6.07 Å². The van der Waals surface area contributed by atoms with Crippen molar-refractivity contribution in [3.63, 3.8) is 0 Å². The van der Waals surface area contributed by atoms with E-state index in [2.05, 4.69) is 39.5 Å². The highest BCUT2D eigenvalue weighted by Gasteiger charge is 2.27. The van der Waals surface area contributed by atoms with E-state index in [0.29, 0.717) is 11.5 Å². The topological polar surface area (TPSA) is 18.5 Å². The SMILES string of the molecule is C=C[Si](C=C)(C=C)Oc1cccc(O[Si](C=C)(C=C)C=C)c1. The molecule has 0 unspecified atom stereocenters. The molecule has 0 aliphatic rings. The molecule has 0 fully saturated rings. The van der Waals surface area contributed by atoms with Crippen LogP contribution in [0.5, 0.6) is 11.5 Å². The van der Waals surface area contributed by atoms with Crippen LogP contribution < -0.4 is 8.85 Å². The number of hydrogen-bond acceptors (Lipinski definition) is 2. The van der Waals surface area contributed by atoms with Crippen LogP contribution in [0.25, 0.3) is 0 Å². The average molecular weight is 327 g/mol. The summed E-state index contributed by atoms with van der Waals surface area (Å²) in [6.45, 7) is 22.9. The van der Waals surface area contributed by atoms with Crippen LogP contribution in [0.15, 0.2) is 97.9 Å². The van der Waals surface area contributed by atoms with Gasteiger partial charge in [0.25, 0.3) is 0 Å². The fourth-order valence-electron chi connectivity index (χ4n) is 1.76. The molecule has 0 spiro atoms. The fraction of sp³-hybridized carbons (Fsp3) is 0. The summed E-state index contributed by atoms with van der Waals surface area (Å²) in [7, 11) is -4.76. The Morgan fingerprint density at radius 3 is 1.23 bits per heavy atom.